The highest BCUT2D eigenvalue weighted by molar-refractivity contribution is 5.81. The number of aromatic nitrogens is 2. The standard InChI is InChI=1S/C20H22N4O3/c25-20-18-12-17(24(26)27)8-9-19(18)23(21-20)14-16-7-3-2-6-15(16)13-22-10-4-1-5-11-22/h2-3,6-9,12H,1,4-5,10-11,13-14H2,(H,21,25). The number of nitro groups is 1. The van der Waals surface area contributed by atoms with Gasteiger partial charge in [-0.1, -0.05) is 30.7 Å². The molecule has 4 rings (SSSR count). The molecule has 0 aliphatic carbocycles. The normalized spacial score (nSPS) is 15.3. The molecule has 0 bridgehead atoms. The van der Waals surface area contributed by atoms with Gasteiger partial charge in [-0.15, -0.1) is 0 Å². The number of rotatable bonds is 5. The molecule has 2 heterocycles. The fraction of sp³-hybridized carbons (Fsp3) is 0.350. The molecule has 1 aliphatic heterocycles. The Morgan fingerprint density at radius 3 is 2.41 bits per heavy atom. The van der Waals surface area contributed by atoms with Crippen molar-refractivity contribution in [3.05, 3.63) is 74.1 Å². The summed E-state index contributed by atoms with van der Waals surface area (Å²) in [6.07, 6.45) is 3.80. The Hall–Kier alpha value is -2.93. The molecule has 1 fully saturated rings. The molecule has 0 spiro atoms. The summed E-state index contributed by atoms with van der Waals surface area (Å²) in [6.45, 7) is 3.69. The molecule has 0 saturated carbocycles. The Bertz CT molecular complexity index is 1030. The van der Waals surface area contributed by atoms with E-state index in [1.807, 2.05) is 12.1 Å². The number of benzene rings is 2. The number of hydrogen-bond donors (Lipinski definition) is 1. The molecular formula is C20H22N4O3. The maximum Gasteiger partial charge on any atom is 0.272 e. The van der Waals surface area contributed by atoms with E-state index in [2.05, 4.69) is 22.1 Å². The van der Waals surface area contributed by atoms with Crippen molar-refractivity contribution in [3.63, 3.8) is 0 Å². The van der Waals surface area contributed by atoms with Crippen LogP contribution in [0.1, 0.15) is 30.4 Å². The fourth-order valence-corrected chi connectivity index (χ4v) is 3.82. The number of aromatic amines is 1. The first-order chi connectivity index (χ1) is 13.1. The molecule has 0 atom stereocenters. The number of nitro benzene ring substituents is 1. The van der Waals surface area contributed by atoms with E-state index in [9.17, 15) is 14.9 Å². The van der Waals surface area contributed by atoms with E-state index in [0.717, 1.165) is 25.2 Å². The van der Waals surface area contributed by atoms with Gasteiger partial charge in [0.2, 0.25) is 0 Å². The van der Waals surface area contributed by atoms with E-state index in [1.165, 1.54) is 37.0 Å². The minimum absolute atomic E-state index is 0.0729. The van der Waals surface area contributed by atoms with Gasteiger partial charge in [-0.3, -0.25) is 29.6 Å². The van der Waals surface area contributed by atoms with Gasteiger partial charge in [0.25, 0.3) is 11.2 Å². The number of piperidine rings is 1. The average Bonchev–Trinajstić information content (AvgIpc) is 2.99. The molecule has 7 heteroatoms. The largest absolute Gasteiger partial charge is 0.299 e. The minimum Gasteiger partial charge on any atom is -0.299 e. The van der Waals surface area contributed by atoms with Crippen LogP contribution in [0.15, 0.2) is 47.3 Å². The monoisotopic (exact) mass is 366 g/mol. The van der Waals surface area contributed by atoms with Crippen molar-refractivity contribution >= 4 is 16.6 Å². The Labute approximate surface area is 156 Å². The lowest BCUT2D eigenvalue weighted by Crippen LogP contribution is -2.29. The summed E-state index contributed by atoms with van der Waals surface area (Å²) < 4.78 is 1.77. The predicted octanol–water partition coefficient (Wildman–Crippen LogP) is 3.27. The number of likely N-dealkylation sites (tertiary alicyclic amines) is 1. The van der Waals surface area contributed by atoms with Gasteiger partial charge in [0.15, 0.2) is 0 Å². The third-order valence-electron chi connectivity index (χ3n) is 5.25. The lowest BCUT2D eigenvalue weighted by molar-refractivity contribution is -0.384. The Morgan fingerprint density at radius 1 is 1.00 bits per heavy atom. The van der Waals surface area contributed by atoms with Gasteiger partial charge < -0.3 is 0 Å². The summed E-state index contributed by atoms with van der Waals surface area (Å²) in [5, 5.41) is 14.1. The number of fused-ring (bicyclic) bond motifs is 1. The van der Waals surface area contributed by atoms with E-state index in [0.29, 0.717) is 17.4 Å². The van der Waals surface area contributed by atoms with Crippen LogP contribution < -0.4 is 5.56 Å². The highest BCUT2D eigenvalue weighted by atomic mass is 16.6. The highest BCUT2D eigenvalue weighted by Crippen LogP contribution is 2.21. The van der Waals surface area contributed by atoms with Crippen LogP contribution in [-0.4, -0.2) is 32.7 Å². The van der Waals surface area contributed by atoms with Crippen molar-refractivity contribution in [1.82, 2.24) is 14.7 Å². The van der Waals surface area contributed by atoms with Gasteiger partial charge in [0, 0.05) is 18.7 Å². The number of H-pyrrole nitrogens is 1. The summed E-state index contributed by atoms with van der Waals surface area (Å²) in [5.41, 5.74) is 2.70. The van der Waals surface area contributed by atoms with Crippen LogP contribution in [0.25, 0.3) is 10.9 Å². The number of hydrogen-bond acceptors (Lipinski definition) is 4. The first-order valence-corrected chi connectivity index (χ1v) is 9.28. The Morgan fingerprint density at radius 2 is 1.70 bits per heavy atom. The van der Waals surface area contributed by atoms with Crippen LogP contribution in [-0.2, 0) is 13.1 Å². The van der Waals surface area contributed by atoms with Crippen LogP contribution in [0.2, 0.25) is 0 Å². The van der Waals surface area contributed by atoms with Crippen molar-refractivity contribution in [2.45, 2.75) is 32.4 Å². The van der Waals surface area contributed by atoms with Gasteiger partial charge in [0.1, 0.15) is 0 Å². The third kappa shape index (κ3) is 3.64. The van der Waals surface area contributed by atoms with Crippen LogP contribution in [0.3, 0.4) is 0 Å². The first kappa shape index (κ1) is 17.5. The fourth-order valence-electron chi connectivity index (χ4n) is 3.82. The highest BCUT2D eigenvalue weighted by Gasteiger charge is 2.15. The van der Waals surface area contributed by atoms with Crippen molar-refractivity contribution in [2.75, 3.05) is 13.1 Å². The molecule has 2 aromatic carbocycles. The van der Waals surface area contributed by atoms with Gasteiger partial charge >= 0.3 is 0 Å². The van der Waals surface area contributed by atoms with E-state index >= 15 is 0 Å². The third-order valence-corrected chi connectivity index (χ3v) is 5.25. The lowest BCUT2D eigenvalue weighted by Gasteiger charge is -2.27. The van der Waals surface area contributed by atoms with E-state index in [-0.39, 0.29) is 11.2 Å². The molecule has 3 aromatic rings. The maximum atomic E-state index is 12.3. The van der Waals surface area contributed by atoms with Gasteiger partial charge in [0.05, 0.1) is 22.4 Å². The molecule has 27 heavy (non-hydrogen) atoms. The quantitative estimate of drug-likeness (QED) is 0.555. The predicted molar refractivity (Wildman–Crippen MR) is 104 cm³/mol. The second kappa shape index (κ2) is 7.36. The summed E-state index contributed by atoms with van der Waals surface area (Å²) in [7, 11) is 0. The zero-order chi connectivity index (χ0) is 18.8. The Kier molecular flexibility index (Phi) is 4.77. The zero-order valence-corrected chi connectivity index (χ0v) is 15.1. The molecule has 0 amide bonds. The molecule has 1 aliphatic rings. The van der Waals surface area contributed by atoms with Gasteiger partial charge in [-0.05, 0) is 43.1 Å². The SMILES string of the molecule is O=c1[nH]n(Cc2ccccc2CN2CCCCC2)c2ccc([N+](=O)[O-])cc12. The smallest absolute Gasteiger partial charge is 0.272 e. The number of nitrogens with zero attached hydrogens (tertiary/aromatic N) is 3. The van der Waals surface area contributed by atoms with Crippen LogP contribution in [0.4, 0.5) is 5.69 Å². The summed E-state index contributed by atoms with van der Waals surface area (Å²) >= 11 is 0. The van der Waals surface area contributed by atoms with Gasteiger partial charge in [-0.25, -0.2) is 0 Å². The second-order valence-electron chi connectivity index (χ2n) is 7.09. The van der Waals surface area contributed by atoms with Crippen molar-refractivity contribution in [1.29, 1.82) is 0 Å². The van der Waals surface area contributed by atoms with Crippen LogP contribution in [0.5, 0.6) is 0 Å². The number of nitrogens with one attached hydrogen (secondary N) is 1. The average molecular weight is 366 g/mol. The summed E-state index contributed by atoms with van der Waals surface area (Å²) in [6, 6.07) is 12.7. The molecule has 140 valence electrons. The van der Waals surface area contributed by atoms with E-state index in [1.54, 1.807) is 10.7 Å². The second-order valence-corrected chi connectivity index (χ2v) is 7.09. The molecule has 1 aromatic heterocycles. The number of non-ortho nitro benzene ring substituents is 1. The Balaban J connectivity index is 1.64. The maximum absolute atomic E-state index is 12.3. The van der Waals surface area contributed by atoms with Crippen molar-refractivity contribution < 1.29 is 4.92 Å². The van der Waals surface area contributed by atoms with Crippen LogP contribution in [0, 0.1) is 10.1 Å². The molecule has 0 radical (unpaired) electrons. The summed E-state index contributed by atoms with van der Waals surface area (Å²) in [4.78, 5) is 25.2. The van der Waals surface area contributed by atoms with Crippen molar-refractivity contribution in [2.24, 2.45) is 0 Å². The molecule has 1 saturated heterocycles. The minimum atomic E-state index is -0.482. The van der Waals surface area contributed by atoms with E-state index < -0.39 is 4.92 Å². The lowest BCUT2D eigenvalue weighted by atomic mass is 10.0. The summed E-state index contributed by atoms with van der Waals surface area (Å²) in [5.74, 6) is 0. The molecular weight excluding hydrogens is 344 g/mol. The molecule has 1 N–H and O–H groups in total. The topological polar surface area (TPSA) is 84.2 Å². The zero-order valence-electron chi connectivity index (χ0n) is 15.1. The van der Waals surface area contributed by atoms with Crippen LogP contribution >= 0.6 is 0 Å². The van der Waals surface area contributed by atoms with E-state index in [4.69, 9.17) is 0 Å². The van der Waals surface area contributed by atoms with Crippen molar-refractivity contribution in [3.8, 4) is 0 Å². The first-order valence-electron chi connectivity index (χ1n) is 9.28. The molecule has 7 nitrogen and oxygen atoms in total. The van der Waals surface area contributed by atoms with Gasteiger partial charge in [-0.2, -0.15) is 0 Å². The molecule has 0 unspecified atom stereocenters.